The van der Waals surface area contributed by atoms with Crippen LogP contribution in [-0.4, -0.2) is 21.5 Å². The Kier molecular flexibility index (Phi) is 5.56. The van der Waals surface area contributed by atoms with Gasteiger partial charge in [-0.3, -0.25) is 0 Å². The molecular weight excluding hydrogens is 214 g/mol. The van der Waals surface area contributed by atoms with Crippen molar-refractivity contribution in [3.8, 4) is 0 Å². The first-order valence-electron chi connectivity index (χ1n) is 6.07. The third-order valence-corrected chi connectivity index (χ3v) is 5.22. The molecule has 0 heterocycles. The summed E-state index contributed by atoms with van der Waals surface area (Å²) in [6.07, 6.45) is 1.19. The third kappa shape index (κ3) is 5.33. The quantitative estimate of drug-likeness (QED) is 0.576. The third-order valence-electron chi connectivity index (χ3n) is 2.59. The first kappa shape index (κ1) is 13.3. The highest BCUT2D eigenvalue weighted by molar-refractivity contribution is 6.71. The molecule has 3 heteroatoms. The smallest absolute Gasteiger partial charge is 0.186 e. The molecule has 0 saturated heterocycles. The maximum absolute atomic E-state index is 5.79. The number of rotatable bonds is 7. The van der Waals surface area contributed by atoms with Gasteiger partial charge >= 0.3 is 0 Å². The normalized spacial score (nSPS) is 11.4. The van der Waals surface area contributed by atoms with Crippen molar-refractivity contribution in [3.63, 3.8) is 0 Å². The van der Waals surface area contributed by atoms with E-state index in [-0.39, 0.29) is 0 Å². The summed E-state index contributed by atoms with van der Waals surface area (Å²) in [5, 5.41) is 3.43. The molecule has 1 aromatic rings. The molecule has 0 bridgehead atoms. The monoisotopic (exact) mass is 237 g/mol. The van der Waals surface area contributed by atoms with Crippen molar-refractivity contribution >= 4 is 14.0 Å². The Balaban J connectivity index is 2.17. The van der Waals surface area contributed by atoms with E-state index >= 15 is 0 Å². The van der Waals surface area contributed by atoms with Gasteiger partial charge in [-0.2, -0.15) is 0 Å². The Labute approximate surface area is 100 Å². The molecule has 0 amide bonds. The number of anilines is 1. The Hall–Kier alpha value is -0.803. The van der Waals surface area contributed by atoms with Crippen molar-refractivity contribution in [2.75, 3.05) is 18.5 Å². The predicted molar refractivity (Wildman–Crippen MR) is 73.5 cm³/mol. The maximum Gasteiger partial charge on any atom is 0.186 e. The first-order valence-corrected chi connectivity index (χ1v) is 9.18. The van der Waals surface area contributed by atoms with Crippen LogP contribution in [0.4, 0.5) is 5.69 Å². The lowest BCUT2D eigenvalue weighted by molar-refractivity contribution is 0.328. The molecule has 0 saturated carbocycles. The van der Waals surface area contributed by atoms with Crippen LogP contribution >= 0.6 is 0 Å². The highest BCUT2D eigenvalue weighted by atomic mass is 28.4. The highest BCUT2D eigenvalue weighted by Crippen LogP contribution is 2.14. The molecule has 1 aromatic carbocycles. The first-order chi connectivity index (χ1) is 7.64. The number of nitrogens with one attached hydrogen (secondary N) is 1. The Morgan fingerprint density at radius 1 is 1.19 bits per heavy atom. The van der Waals surface area contributed by atoms with E-state index < -0.39 is 8.32 Å². The molecule has 0 spiro atoms. The summed E-state index contributed by atoms with van der Waals surface area (Å²) in [6, 6.07) is 11.6. The number of hydrogen-bond donors (Lipinski definition) is 1. The molecule has 0 fully saturated rings. The molecule has 90 valence electrons. The van der Waals surface area contributed by atoms with Crippen molar-refractivity contribution in [2.45, 2.75) is 32.5 Å². The van der Waals surface area contributed by atoms with Gasteiger partial charge in [-0.25, -0.2) is 0 Å². The van der Waals surface area contributed by atoms with Crippen molar-refractivity contribution in [3.05, 3.63) is 30.3 Å². The van der Waals surface area contributed by atoms with Gasteiger partial charge in [-0.05, 0) is 44.6 Å². The van der Waals surface area contributed by atoms with Crippen LogP contribution in [0.15, 0.2) is 30.3 Å². The summed E-state index contributed by atoms with van der Waals surface area (Å²) in [6.45, 7) is 8.55. The molecule has 16 heavy (non-hydrogen) atoms. The van der Waals surface area contributed by atoms with Crippen molar-refractivity contribution in [1.82, 2.24) is 0 Å². The van der Waals surface area contributed by atoms with Gasteiger partial charge < -0.3 is 9.74 Å². The maximum atomic E-state index is 5.79. The van der Waals surface area contributed by atoms with Gasteiger partial charge in [0.15, 0.2) is 8.32 Å². The fourth-order valence-electron chi connectivity index (χ4n) is 1.77. The molecule has 0 aromatic heterocycles. The largest absolute Gasteiger partial charge is 0.418 e. The average Bonchev–Trinajstić information content (AvgIpc) is 2.26. The number of hydrogen-bond acceptors (Lipinski definition) is 2. The number of para-hydroxylation sites is 1. The van der Waals surface area contributed by atoms with Crippen LogP contribution in [0, 0.1) is 0 Å². The lowest BCUT2D eigenvalue weighted by Crippen LogP contribution is -2.30. The summed E-state index contributed by atoms with van der Waals surface area (Å²) < 4.78 is 5.79. The van der Waals surface area contributed by atoms with Crippen LogP contribution in [0.25, 0.3) is 0 Å². The fourth-order valence-corrected chi connectivity index (χ4v) is 3.72. The van der Waals surface area contributed by atoms with Gasteiger partial charge in [0.2, 0.25) is 0 Å². The lowest BCUT2D eigenvalue weighted by atomic mass is 10.3. The zero-order valence-electron chi connectivity index (χ0n) is 10.6. The second-order valence-electron chi connectivity index (χ2n) is 4.59. The molecule has 2 nitrogen and oxygen atoms in total. The molecule has 0 aliphatic carbocycles. The van der Waals surface area contributed by atoms with E-state index in [9.17, 15) is 0 Å². The summed E-state index contributed by atoms with van der Waals surface area (Å²) in [4.78, 5) is 0. The van der Waals surface area contributed by atoms with Crippen LogP contribution in [-0.2, 0) is 4.43 Å². The summed E-state index contributed by atoms with van der Waals surface area (Å²) in [5.41, 5.74) is 1.21. The van der Waals surface area contributed by atoms with Gasteiger partial charge in [0, 0.05) is 18.8 Å². The van der Waals surface area contributed by atoms with Crippen LogP contribution in [0.2, 0.25) is 19.1 Å². The van der Waals surface area contributed by atoms with Gasteiger partial charge in [0.05, 0.1) is 0 Å². The van der Waals surface area contributed by atoms with E-state index in [0.29, 0.717) is 0 Å². The average molecular weight is 237 g/mol. The molecule has 0 aliphatic rings. The molecule has 0 aliphatic heterocycles. The molecular formula is C13H23NOSi. The van der Waals surface area contributed by atoms with E-state index in [0.717, 1.165) is 13.2 Å². The van der Waals surface area contributed by atoms with E-state index in [1.54, 1.807) is 0 Å². The Morgan fingerprint density at radius 3 is 2.50 bits per heavy atom. The zero-order valence-corrected chi connectivity index (χ0v) is 11.6. The second kappa shape index (κ2) is 6.71. The van der Waals surface area contributed by atoms with Gasteiger partial charge in [0.25, 0.3) is 0 Å². The minimum atomic E-state index is -1.38. The Bertz CT molecular complexity index is 287. The lowest BCUT2D eigenvalue weighted by Gasteiger charge is -2.21. The van der Waals surface area contributed by atoms with Crippen LogP contribution < -0.4 is 5.32 Å². The van der Waals surface area contributed by atoms with Crippen molar-refractivity contribution in [2.24, 2.45) is 0 Å². The van der Waals surface area contributed by atoms with Gasteiger partial charge in [-0.1, -0.05) is 18.2 Å². The predicted octanol–water partition coefficient (Wildman–Crippen LogP) is 3.73. The molecule has 0 radical (unpaired) electrons. The summed E-state index contributed by atoms with van der Waals surface area (Å²) in [7, 11) is -1.38. The summed E-state index contributed by atoms with van der Waals surface area (Å²) in [5.74, 6) is 0. The minimum absolute atomic E-state index is 0.853. The van der Waals surface area contributed by atoms with Crippen molar-refractivity contribution < 1.29 is 4.43 Å². The highest BCUT2D eigenvalue weighted by Gasteiger charge is 2.20. The molecule has 1 N–H and O–H groups in total. The van der Waals surface area contributed by atoms with Gasteiger partial charge in [0.1, 0.15) is 0 Å². The molecule has 0 atom stereocenters. The Morgan fingerprint density at radius 2 is 1.88 bits per heavy atom. The second-order valence-corrected chi connectivity index (χ2v) is 8.90. The number of benzene rings is 1. The van der Waals surface area contributed by atoms with Crippen LogP contribution in [0.5, 0.6) is 0 Å². The van der Waals surface area contributed by atoms with Crippen molar-refractivity contribution in [1.29, 1.82) is 0 Å². The van der Waals surface area contributed by atoms with Gasteiger partial charge in [-0.15, -0.1) is 0 Å². The SMILES string of the molecule is CCO[Si](C)(C)CCCNc1ccccc1. The molecule has 1 rings (SSSR count). The van der Waals surface area contributed by atoms with E-state index in [2.05, 4.69) is 49.6 Å². The summed E-state index contributed by atoms with van der Waals surface area (Å²) >= 11 is 0. The van der Waals surface area contributed by atoms with Crippen LogP contribution in [0.1, 0.15) is 13.3 Å². The minimum Gasteiger partial charge on any atom is -0.418 e. The molecule has 0 unspecified atom stereocenters. The topological polar surface area (TPSA) is 21.3 Å². The fraction of sp³-hybridized carbons (Fsp3) is 0.538. The van der Waals surface area contributed by atoms with E-state index in [4.69, 9.17) is 4.43 Å². The van der Waals surface area contributed by atoms with E-state index in [1.807, 2.05) is 6.07 Å². The standard InChI is InChI=1S/C13H23NOSi/c1-4-15-16(2,3)12-8-11-14-13-9-6-5-7-10-13/h5-7,9-10,14H,4,8,11-12H2,1-3H3. The van der Waals surface area contributed by atoms with Crippen LogP contribution in [0.3, 0.4) is 0 Å². The van der Waals surface area contributed by atoms with E-state index in [1.165, 1.54) is 18.2 Å². The zero-order chi connectivity index (χ0) is 11.9.